The summed E-state index contributed by atoms with van der Waals surface area (Å²) in [6.07, 6.45) is 5.23. The molecule has 2 aliphatic heterocycles. The highest BCUT2D eigenvalue weighted by Gasteiger charge is 2.35. The Kier molecular flexibility index (Phi) is 7.02. The van der Waals surface area contributed by atoms with Gasteiger partial charge in [0.25, 0.3) is 0 Å². The molecule has 0 radical (unpaired) electrons. The molecule has 5 aromatic rings. The quantitative estimate of drug-likeness (QED) is 0.222. The second-order valence-electron chi connectivity index (χ2n) is 11.3. The maximum absolute atomic E-state index is 13.1. The van der Waals surface area contributed by atoms with Gasteiger partial charge in [0, 0.05) is 23.9 Å². The number of ether oxygens (including phenoxy) is 1. The number of hydrogen-bond donors (Lipinski definition) is 4. The van der Waals surface area contributed by atoms with Crippen LogP contribution in [0.5, 0.6) is 0 Å². The SMILES string of the molecule is COC(=O)NC(C)C(=O)N1CCC[C@H]1c1nc2ccc(-c3ccc(-c4ccc5nc([C@@H]6CCCN6)[nH]c5c4)cn3)cc2[nH]1. The largest absolute Gasteiger partial charge is 0.453 e. The number of pyridine rings is 1. The van der Waals surface area contributed by atoms with Gasteiger partial charge >= 0.3 is 6.09 Å². The van der Waals surface area contributed by atoms with Crippen molar-refractivity contribution in [1.29, 1.82) is 0 Å². The summed E-state index contributed by atoms with van der Waals surface area (Å²) < 4.78 is 4.64. The summed E-state index contributed by atoms with van der Waals surface area (Å²) in [5.41, 5.74) is 7.67. The molecular weight excluding hydrogens is 544 g/mol. The van der Waals surface area contributed by atoms with E-state index in [4.69, 9.17) is 15.0 Å². The first-order valence-corrected chi connectivity index (χ1v) is 14.8. The summed E-state index contributed by atoms with van der Waals surface area (Å²) in [6, 6.07) is 15.9. The summed E-state index contributed by atoms with van der Waals surface area (Å²) in [5.74, 6) is 1.59. The topological polar surface area (TPSA) is 141 Å². The van der Waals surface area contributed by atoms with Crippen molar-refractivity contribution in [1.82, 2.24) is 40.5 Å². The number of carbonyl (C=O) groups is 2. The lowest BCUT2D eigenvalue weighted by atomic mass is 10.0. The minimum atomic E-state index is -0.689. The predicted octanol–water partition coefficient (Wildman–Crippen LogP) is 5.00. The Labute approximate surface area is 248 Å². The van der Waals surface area contributed by atoms with E-state index < -0.39 is 12.1 Å². The second kappa shape index (κ2) is 11.1. The normalized spacial score (nSPS) is 19.3. The third-order valence-electron chi connectivity index (χ3n) is 8.53. The molecule has 0 spiro atoms. The zero-order valence-electron chi connectivity index (χ0n) is 24.2. The number of alkyl carbamates (subject to hydrolysis) is 1. The number of amides is 2. The van der Waals surface area contributed by atoms with E-state index in [-0.39, 0.29) is 11.9 Å². The first-order valence-electron chi connectivity index (χ1n) is 14.8. The van der Waals surface area contributed by atoms with Gasteiger partial charge < -0.3 is 30.2 Å². The summed E-state index contributed by atoms with van der Waals surface area (Å²) in [5, 5.41) is 6.07. The number of nitrogens with one attached hydrogen (secondary N) is 4. The third-order valence-corrected chi connectivity index (χ3v) is 8.53. The highest BCUT2D eigenvalue weighted by Crippen LogP contribution is 2.33. The van der Waals surface area contributed by atoms with Crippen LogP contribution >= 0.6 is 0 Å². The fourth-order valence-corrected chi connectivity index (χ4v) is 6.23. The van der Waals surface area contributed by atoms with Crippen LogP contribution in [-0.2, 0) is 9.53 Å². The molecular formula is C32H34N8O3. The Balaban J connectivity index is 1.09. The summed E-state index contributed by atoms with van der Waals surface area (Å²) in [6.45, 7) is 3.32. The van der Waals surface area contributed by atoms with E-state index in [1.54, 1.807) is 11.8 Å². The molecule has 7 rings (SSSR count). The van der Waals surface area contributed by atoms with Crippen LogP contribution in [0.1, 0.15) is 56.3 Å². The van der Waals surface area contributed by atoms with E-state index in [9.17, 15) is 9.59 Å². The molecule has 0 aliphatic carbocycles. The lowest BCUT2D eigenvalue weighted by Gasteiger charge is -2.26. The minimum Gasteiger partial charge on any atom is -0.453 e. The number of hydrogen-bond acceptors (Lipinski definition) is 7. The first kappa shape index (κ1) is 27.1. The number of rotatable bonds is 6. The molecule has 4 N–H and O–H groups in total. The lowest BCUT2D eigenvalue weighted by molar-refractivity contribution is -0.134. The van der Waals surface area contributed by atoms with Crippen molar-refractivity contribution in [3.8, 4) is 22.4 Å². The number of aromatic nitrogens is 5. The zero-order valence-corrected chi connectivity index (χ0v) is 24.2. The van der Waals surface area contributed by atoms with Crippen LogP contribution in [0, 0.1) is 0 Å². The van der Waals surface area contributed by atoms with Crippen molar-refractivity contribution in [3.63, 3.8) is 0 Å². The third kappa shape index (κ3) is 5.20. The minimum absolute atomic E-state index is 0.156. The smallest absolute Gasteiger partial charge is 0.407 e. The summed E-state index contributed by atoms with van der Waals surface area (Å²) >= 11 is 0. The predicted molar refractivity (Wildman–Crippen MR) is 163 cm³/mol. The van der Waals surface area contributed by atoms with Gasteiger partial charge in [-0.1, -0.05) is 18.2 Å². The molecule has 2 aliphatic rings. The average Bonchev–Trinajstić information content (AvgIpc) is 3.85. The van der Waals surface area contributed by atoms with Gasteiger partial charge in [-0.05, 0) is 75.0 Å². The molecule has 11 heteroatoms. The number of imidazole rings is 2. The van der Waals surface area contributed by atoms with E-state index in [1.807, 2.05) is 30.5 Å². The number of H-pyrrole nitrogens is 2. The molecule has 43 heavy (non-hydrogen) atoms. The highest BCUT2D eigenvalue weighted by atomic mass is 16.5. The molecule has 11 nitrogen and oxygen atoms in total. The molecule has 0 bridgehead atoms. The van der Waals surface area contributed by atoms with Gasteiger partial charge in [0.15, 0.2) is 0 Å². The summed E-state index contributed by atoms with van der Waals surface area (Å²) in [4.78, 5) is 47.8. The molecule has 5 heterocycles. The average molecular weight is 579 g/mol. The second-order valence-corrected chi connectivity index (χ2v) is 11.3. The van der Waals surface area contributed by atoms with Crippen LogP contribution in [-0.4, -0.2) is 68.1 Å². The van der Waals surface area contributed by atoms with E-state index in [0.29, 0.717) is 12.6 Å². The van der Waals surface area contributed by atoms with Crippen LogP contribution in [0.25, 0.3) is 44.5 Å². The van der Waals surface area contributed by atoms with Crippen LogP contribution in [0.2, 0.25) is 0 Å². The van der Waals surface area contributed by atoms with Crippen LogP contribution < -0.4 is 10.6 Å². The molecule has 220 valence electrons. The van der Waals surface area contributed by atoms with Crippen LogP contribution in [0.4, 0.5) is 4.79 Å². The fourth-order valence-electron chi connectivity index (χ4n) is 6.23. The van der Waals surface area contributed by atoms with E-state index in [0.717, 1.165) is 81.9 Å². The molecule has 2 aromatic carbocycles. The molecule has 2 saturated heterocycles. The van der Waals surface area contributed by atoms with E-state index in [1.165, 1.54) is 13.5 Å². The maximum Gasteiger partial charge on any atom is 0.407 e. The van der Waals surface area contributed by atoms with Gasteiger partial charge in [-0.2, -0.15) is 0 Å². The number of benzene rings is 2. The maximum atomic E-state index is 13.1. The number of likely N-dealkylation sites (tertiary alicyclic amines) is 1. The Hall–Kier alpha value is -4.77. The standard InChI is InChI=1S/C32H34N8O3/c1-18(35-32(42)43-2)31(41)40-14-4-6-28(40)30-37-24-12-8-20(16-27(24)39-30)22-10-9-21(17-34-22)19-7-11-23-26(15-19)38-29(36-23)25-5-3-13-33-25/h7-12,15-18,25,28,33H,3-6,13-14H2,1-2H3,(H,35,42)(H,36,38)(H,37,39)/t18?,25-,28-/m0/s1. The Bertz CT molecular complexity index is 1800. The van der Waals surface area contributed by atoms with Gasteiger partial charge in [0.05, 0.1) is 47.0 Å². The van der Waals surface area contributed by atoms with Crippen molar-refractivity contribution in [3.05, 3.63) is 66.4 Å². The van der Waals surface area contributed by atoms with Gasteiger partial charge in [-0.15, -0.1) is 0 Å². The molecule has 3 aromatic heterocycles. The van der Waals surface area contributed by atoms with Gasteiger partial charge in [0.1, 0.15) is 17.7 Å². The van der Waals surface area contributed by atoms with Crippen molar-refractivity contribution in [2.24, 2.45) is 0 Å². The Morgan fingerprint density at radius 3 is 2.37 bits per heavy atom. The molecule has 2 amide bonds. The van der Waals surface area contributed by atoms with Crippen LogP contribution in [0.15, 0.2) is 54.7 Å². The Morgan fingerprint density at radius 1 is 0.930 bits per heavy atom. The van der Waals surface area contributed by atoms with Crippen molar-refractivity contribution < 1.29 is 14.3 Å². The molecule has 2 fully saturated rings. The molecule has 0 saturated carbocycles. The van der Waals surface area contributed by atoms with Gasteiger partial charge in [0.2, 0.25) is 5.91 Å². The van der Waals surface area contributed by atoms with Gasteiger partial charge in [-0.25, -0.2) is 14.8 Å². The fraction of sp³-hybridized carbons (Fsp3) is 0.344. The van der Waals surface area contributed by atoms with Crippen LogP contribution in [0.3, 0.4) is 0 Å². The number of fused-ring (bicyclic) bond motifs is 2. The lowest BCUT2D eigenvalue weighted by Crippen LogP contribution is -2.46. The number of carbonyl (C=O) groups excluding carboxylic acids is 2. The molecule has 3 atom stereocenters. The van der Waals surface area contributed by atoms with Crippen molar-refractivity contribution >= 4 is 34.1 Å². The van der Waals surface area contributed by atoms with E-state index in [2.05, 4.69) is 49.6 Å². The first-order chi connectivity index (χ1) is 21.0. The zero-order chi connectivity index (χ0) is 29.5. The van der Waals surface area contributed by atoms with Crippen molar-refractivity contribution in [2.45, 2.75) is 50.7 Å². The monoisotopic (exact) mass is 578 g/mol. The number of nitrogens with zero attached hydrogens (tertiary/aromatic N) is 4. The Morgan fingerprint density at radius 2 is 1.65 bits per heavy atom. The van der Waals surface area contributed by atoms with Crippen molar-refractivity contribution in [2.75, 3.05) is 20.2 Å². The number of methoxy groups -OCH3 is 1. The van der Waals surface area contributed by atoms with E-state index >= 15 is 0 Å². The summed E-state index contributed by atoms with van der Waals surface area (Å²) in [7, 11) is 1.28. The van der Waals surface area contributed by atoms with Gasteiger partial charge in [-0.3, -0.25) is 9.78 Å². The number of aromatic amines is 2. The molecule has 1 unspecified atom stereocenters. The highest BCUT2D eigenvalue weighted by molar-refractivity contribution is 5.86.